The standard InChI is InChI=1S/C14H19N3O/c1-10-4-5-13(15)11(2)14(10)18-9-8-17-7-6-16-12(17)3/h4-7H,8-9,15H2,1-3H3. The zero-order valence-electron chi connectivity index (χ0n) is 11.1. The van der Waals surface area contributed by atoms with Crippen LogP contribution in [0.15, 0.2) is 24.5 Å². The van der Waals surface area contributed by atoms with Crippen molar-refractivity contribution in [3.8, 4) is 5.75 Å². The average Bonchev–Trinajstić information content (AvgIpc) is 2.74. The molecule has 0 aliphatic heterocycles. The summed E-state index contributed by atoms with van der Waals surface area (Å²) in [5.41, 5.74) is 8.78. The molecule has 18 heavy (non-hydrogen) atoms. The zero-order valence-corrected chi connectivity index (χ0v) is 11.1. The van der Waals surface area contributed by atoms with Crippen LogP contribution in [-0.4, -0.2) is 16.2 Å². The van der Waals surface area contributed by atoms with Gasteiger partial charge in [-0.3, -0.25) is 0 Å². The van der Waals surface area contributed by atoms with E-state index in [1.807, 2.05) is 39.1 Å². The van der Waals surface area contributed by atoms with E-state index in [2.05, 4.69) is 9.55 Å². The number of aromatic nitrogens is 2. The van der Waals surface area contributed by atoms with Crippen molar-refractivity contribution in [3.05, 3.63) is 41.5 Å². The first kappa shape index (κ1) is 12.5. The molecule has 1 aromatic heterocycles. The Morgan fingerprint density at radius 2 is 2.06 bits per heavy atom. The van der Waals surface area contributed by atoms with Crippen LogP contribution in [0.25, 0.3) is 0 Å². The van der Waals surface area contributed by atoms with Gasteiger partial charge in [0.25, 0.3) is 0 Å². The maximum Gasteiger partial charge on any atom is 0.127 e. The van der Waals surface area contributed by atoms with Crippen LogP contribution < -0.4 is 10.5 Å². The lowest BCUT2D eigenvalue weighted by atomic mass is 10.1. The molecule has 0 amide bonds. The van der Waals surface area contributed by atoms with E-state index in [0.29, 0.717) is 6.61 Å². The molecule has 0 spiro atoms. The molecule has 1 heterocycles. The summed E-state index contributed by atoms with van der Waals surface area (Å²) < 4.78 is 7.91. The number of nitrogen functional groups attached to an aromatic ring is 1. The van der Waals surface area contributed by atoms with Crippen LogP contribution in [0.3, 0.4) is 0 Å². The quantitative estimate of drug-likeness (QED) is 0.842. The van der Waals surface area contributed by atoms with Gasteiger partial charge in [0.15, 0.2) is 0 Å². The Bertz CT molecular complexity index is 546. The van der Waals surface area contributed by atoms with E-state index in [9.17, 15) is 0 Å². The van der Waals surface area contributed by atoms with E-state index in [1.54, 1.807) is 6.20 Å². The van der Waals surface area contributed by atoms with Gasteiger partial charge in [-0.15, -0.1) is 0 Å². The van der Waals surface area contributed by atoms with Crippen LogP contribution in [0.4, 0.5) is 5.69 Å². The first-order valence-electron chi connectivity index (χ1n) is 6.06. The van der Waals surface area contributed by atoms with Crippen LogP contribution in [0.5, 0.6) is 5.75 Å². The van der Waals surface area contributed by atoms with Crippen molar-refractivity contribution in [1.82, 2.24) is 9.55 Å². The topological polar surface area (TPSA) is 53.1 Å². The highest BCUT2D eigenvalue weighted by molar-refractivity contribution is 5.56. The minimum Gasteiger partial charge on any atom is -0.491 e. The van der Waals surface area contributed by atoms with Gasteiger partial charge in [0, 0.05) is 23.6 Å². The molecule has 0 atom stereocenters. The Hall–Kier alpha value is -1.97. The summed E-state index contributed by atoms with van der Waals surface area (Å²) in [5, 5.41) is 0. The average molecular weight is 245 g/mol. The van der Waals surface area contributed by atoms with Gasteiger partial charge in [-0.05, 0) is 32.4 Å². The summed E-state index contributed by atoms with van der Waals surface area (Å²) in [6.07, 6.45) is 3.75. The summed E-state index contributed by atoms with van der Waals surface area (Å²) in [6, 6.07) is 3.90. The molecular formula is C14H19N3O. The van der Waals surface area contributed by atoms with Crippen molar-refractivity contribution in [2.75, 3.05) is 12.3 Å². The lowest BCUT2D eigenvalue weighted by Crippen LogP contribution is -2.10. The van der Waals surface area contributed by atoms with Crippen molar-refractivity contribution in [2.24, 2.45) is 0 Å². The predicted molar refractivity (Wildman–Crippen MR) is 72.8 cm³/mol. The Morgan fingerprint density at radius 3 is 2.72 bits per heavy atom. The second-order valence-corrected chi connectivity index (χ2v) is 4.44. The number of nitrogens with zero attached hydrogens (tertiary/aromatic N) is 2. The number of nitrogens with two attached hydrogens (primary N) is 1. The lowest BCUT2D eigenvalue weighted by molar-refractivity contribution is 0.293. The molecule has 0 unspecified atom stereocenters. The largest absolute Gasteiger partial charge is 0.491 e. The fourth-order valence-electron chi connectivity index (χ4n) is 1.95. The molecule has 2 rings (SSSR count). The van der Waals surface area contributed by atoms with Crippen LogP contribution in [-0.2, 0) is 6.54 Å². The van der Waals surface area contributed by atoms with Crippen molar-refractivity contribution in [1.29, 1.82) is 0 Å². The number of aryl methyl sites for hydroxylation is 2. The van der Waals surface area contributed by atoms with Gasteiger partial charge in [-0.2, -0.15) is 0 Å². The normalized spacial score (nSPS) is 10.6. The molecule has 0 aliphatic rings. The van der Waals surface area contributed by atoms with Gasteiger partial charge < -0.3 is 15.0 Å². The summed E-state index contributed by atoms with van der Waals surface area (Å²) >= 11 is 0. The second kappa shape index (κ2) is 5.12. The highest BCUT2D eigenvalue weighted by Gasteiger charge is 2.07. The number of imidazole rings is 1. The molecule has 0 radical (unpaired) electrons. The second-order valence-electron chi connectivity index (χ2n) is 4.44. The lowest BCUT2D eigenvalue weighted by Gasteiger charge is -2.14. The Morgan fingerprint density at radius 1 is 1.28 bits per heavy atom. The van der Waals surface area contributed by atoms with Crippen molar-refractivity contribution >= 4 is 5.69 Å². The van der Waals surface area contributed by atoms with Gasteiger partial charge in [-0.25, -0.2) is 4.98 Å². The van der Waals surface area contributed by atoms with E-state index in [-0.39, 0.29) is 0 Å². The highest BCUT2D eigenvalue weighted by Crippen LogP contribution is 2.27. The smallest absolute Gasteiger partial charge is 0.127 e. The third-order valence-corrected chi connectivity index (χ3v) is 3.15. The van der Waals surface area contributed by atoms with Crippen molar-refractivity contribution < 1.29 is 4.74 Å². The monoisotopic (exact) mass is 245 g/mol. The van der Waals surface area contributed by atoms with Crippen molar-refractivity contribution in [2.45, 2.75) is 27.3 Å². The van der Waals surface area contributed by atoms with E-state index < -0.39 is 0 Å². The van der Waals surface area contributed by atoms with Gasteiger partial charge in [0.2, 0.25) is 0 Å². The van der Waals surface area contributed by atoms with Crippen molar-refractivity contribution in [3.63, 3.8) is 0 Å². The first-order chi connectivity index (χ1) is 8.59. The third-order valence-electron chi connectivity index (χ3n) is 3.15. The maximum atomic E-state index is 5.88. The predicted octanol–water partition coefficient (Wildman–Crippen LogP) is 2.47. The molecule has 2 aromatic rings. The number of anilines is 1. The fourth-order valence-corrected chi connectivity index (χ4v) is 1.95. The highest BCUT2D eigenvalue weighted by atomic mass is 16.5. The molecule has 0 bridgehead atoms. The van der Waals surface area contributed by atoms with Gasteiger partial charge in [0.1, 0.15) is 18.2 Å². The van der Waals surface area contributed by atoms with Crippen LogP contribution in [0.1, 0.15) is 17.0 Å². The minimum atomic E-state index is 0.613. The summed E-state index contributed by atoms with van der Waals surface area (Å²) in [7, 11) is 0. The Kier molecular flexibility index (Phi) is 3.55. The molecule has 0 saturated carbocycles. The number of hydrogen-bond donors (Lipinski definition) is 1. The van der Waals surface area contributed by atoms with Gasteiger partial charge in [0.05, 0.1) is 6.54 Å². The SMILES string of the molecule is Cc1ccc(N)c(C)c1OCCn1ccnc1C. The van der Waals surface area contributed by atoms with Crippen LogP contribution >= 0.6 is 0 Å². The third kappa shape index (κ3) is 2.47. The molecule has 1 aromatic carbocycles. The summed E-state index contributed by atoms with van der Waals surface area (Å²) in [5.74, 6) is 1.90. The summed E-state index contributed by atoms with van der Waals surface area (Å²) in [4.78, 5) is 4.18. The number of benzene rings is 1. The van der Waals surface area contributed by atoms with E-state index in [0.717, 1.165) is 34.9 Å². The molecular weight excluding hydrogens is 226 g/mol. The molecule has 2 N–H and O–H groups in total. The summed E-state index contributed by atoms with van der Waals surface area (Å²) in [6.45, 7) is 7.41. The fraction of sp³-hybridized carbons (Fsp3) is 0.357. The molecule has 4 heteroatoms. The molecule has 0 fully saturated rings. The number of rotatable bonds is 4. The number of ether oxygens (including phenoxy) is 1. The van der Waals surface area contributed by atoms with Crippen LogP contribution in [0.2, 0.25) is 0 Å². The molecule has 96 valence electrons. The molecule has 0 aliphatic carbocycles. The first-order valence-corrected chi connectivity index (χ1v) is 6.06. The molecule has 0 saturated heterocycles. The van der Waals surface area contributed by atoms with E-state index >= 15 is 0 Å². The number of hydrogen-bond acceptors (Lipinski definition) is 3. The Labute approximate surface area is 107 Å². The minimum absolute atomic E-state index is 0.613. The van der Waals surface area contributed by atoms with Crippen LogP contribution in [0, 0.1) is 20.8 Å². The Balaban J connectivity index is 2.03. The maximum absolute atomic E-state index is 5.88. The zero-order chi connectivity index (χ0) is 13.1. The van der Waals surface area contributed by atoms with Gasteiger partial charge in [-0.1, -0.05) is 6.07 Å². The van der Waals surface area contributed by atoms with E-state index in [1.165, 1.54) is 0 Å². The van der Waals surface area contributed by atoms with Gasteiger partial charge >= 0.3 is 0 Å². The molecule has 4 nitrogen and oxygen atoms in total. The van der Waals surface area contributed by atoms with E-state index in [4.69, 9.17) is 10.5 Å².